The Morgan fingerprint density at radius 2 is 2.12 bits per heavy atom. The smallest absolute Gasteiger partial charge is 0.251 e. The Hall–Kier alpha value is -2.21. The molecule has 1 aromatic carbocycles. The maximum absolute atomic E-state index is 12.6. The fourth-order valence-corrected chi connectivity index (χ4v) is 3.69. The highest BCUT2D eigenvalue weighted by molar-refractivity contribution is 5.95. The minimum Gasteiger partial charge on any atom is -0.373 e. The third-order valence-electron chi connectivity index (χ3n) is 5.17. The molecule has 3 heterocycles. The zero-order valence-electron chi connectivity index (χ0n) is 13.3. The van der Waals surface area contributed by atoms with E-state index in [1.54, 1.807) is 0 Å². The number of amides is 1. The van der Waals surface area contributed by atoms with Crippen molar-refractivity contribution in [2.45, 2.75) is 56.3 Å². The normalized spacial score (nSPS) is 28.2. The number of benzene rings is 1. The van der Waals surface area contributed by atoms with Gasteiger partial charge in [0.25, 0.3) is 5.91 Å². The molecule has 2 aliphatic heterocycles. The van der Waals surface area contributed by atoms with Gasteiger partial charge < -0.3 is 14.6 Å². The summed E-state index contributed by atoms with van der Waals surface area (Å²) in [5, 5.41) is 7.16. The molecule has 1 saturated carbocycles. The van der Waals surface area contributed by atoms with Gasteiger partial charge in [-0.15, -0.1) is 0 Å². The summed E-state index contributed by atoms with van der Waals surface area (Å²) in [5.41, 5.74) is 1.43. The van der Waals surface area contributed by atoms with Gasteiger partial charge >= 0.3 is 0 Å². The number of carbonyl (C=O) groups is 1. The first-order chi connectivity index (χ1) is 11.8. The van der Waals surface area contributed by atoms with Crippen molar-refractivity contribution in [3.8, 4) is 11.4 Å². The van der Waals surface area contributed by atoms with E-state index in [4.69, 9.17) is 9.26 Å². The third-order valence-corrected chi connectivity index (χ3v) is 5.17. The molecule has 1 aliphatic carbocycles. The SMILES string of the molecule is O=C(NC1CC2CCC1O2)c1cccc(-c2noc(C3CC3)n2)c1. The second kappa shape index (κ2) is 5.41. The molecule has 6 heteroatoms. The minimum atomic E-state index is -0.0658. The predicted octanol–water partition coefficient (Wildman–Crippen LogP) is 2.66. The molecule has 24 heavy (non-hydrogen) atoms. The monoisotopic (exact) mass is 325 g/mol. The summed E-state index contributed by atoms with van der Waals surface area (Å²) in [6.07, 6.45) is 5.83. The van der Waals surface area contributed by atoms with E-state index in [-0.39, 0.29) is 18.1 Å². The van der Waals surface area contributed by atoms with Crippen LogP contribution in [0, 0.1) is 0 Å². The van der Waals surface area contributed by atoms with Crippen LogP contribution in [-0.4, -0.2) is 34.3 Å². The predicted molar refractivity (Wildman–Crippen MR) is 85.5 cm³/mol. The summed E-state index contributed by atoms with van der Waals surface area (Å²) < 4.78 is 11.1. The molecule has 1 aromatic heterocycles. The Bertz CT molecular complexity index is 783. The lowest BCUT2D eigenvalue weighted by Crippen LogP contribution is -2.41. The van der Waals surface area contributed by atoms with Gasteiger partial charge in [0.05, 0.1) is 18.2 Å². The zero-order valence-corrected chi connectivity index (χ0v) is 13.3. The summed E-state index contributed by atoms with van der Waals surface area (Å²) >= 11 is 0. The first-order valence-electron chi connectivity index (χ1n) is 8.66. The van der Waals surface area contributed by atoms with Crippen molar-refractivity contribution < 1.29 is 14.1 Å². The van der Waals surface area contributed by atoms with E-state index >= 15 is 0 Å². The molecule has 124 valence electrons. The van der Waals surface area contributed by atoms with Crippen LogP contribution >= 0.6 is 0 Å². The zero-order chi connectivity index (χ0) is 16.1. The Balaban J connectivity index is 1.33. The van der Waals surface area contributed by atoms with Crippen LogP contribution in [0.2, 0.25) is 0 Å². The van der Waals surface area contributed by atoms with Crippen LogP contribution < -0.4 is 5.32 Å². The van der Waals surface area contributed by atoms with E-state index in [9.17, 15) is 4.79 Å². The standard InChI is InChI=1S/C18H19N3O3/c22-17(19-14-9-13-6-7-15(14)23-13)12-3-1-2-11(8-12)16-20-18(24-21-16)10-4-5-10/h1-3,8,10,13-15H,4-7,9H2,(H,19,22). The molecule has 3 atom stereocenters. The molecule has 2 saturated heterocycles. The molecule has 1 amide bonds. The maximum Gasteiger partial charge on any atom is 0.251 e. The second-order valence-corrected chi connectivity index (χ2v) is 7.00. The van der Waals surface area contributed by atoms with E-state index in [0.717, 1.165) is 37.7 Å². The van der Waals surface area contributed by atoms with Crippen molar-refractivity contribution in [1.29, 1.82) is 0 Å². The number of nitrogens with one attached hydrogen (secondary N) is 1. The summed E-state index contributed by atoms with van der Waals surface area (Å²) in [4.78, 5) is 17.0. The largest absolute Gasteiger partial charge is 0.373 e. The van der Waals surface area contributed by atoms with Crippen LogP contribution in [0.3, 0.4) is 0 Å². The number of hydrogen-bond acceptors (Lipinski definition) is 5. The fraction of sp³-hybridized carbons (Fsp3) is 0.500. The molecule has 2 aromatic rings. The number of rotatable bonds is 4. The van der Waals surface area contributed by atoms with Crippen LogP contribution in [-0.2, 0) is 4.74 Å². The molecular weight excluding hydrogens is 306 g/mol. The van der Waals surface area contributed by atoms with Gasteiger partial charge in [0.1, 0.15) is 0 Å². The number of hydrogen-bond donors (Lipinski definition) is 1. The van der Waals surface area contributed by atoms with E-state index in [0.29, 0.717) is 29.3 Å². The summed E-state index contributed by atoms with van der Waals surface area (Å²) in [6, 6.07) is 7.53. The summed E-state index contributed by atoms with van der Waals surface area (Å²) in [6.45, 7) is 0. The number of fused-ring (bicyclic) bond motifs is 2. The van der Waals surface area contributed by atoms with E-state index in [1.807, 2.05) is 24.3 Å². The quantitative estimate of drug-likeness (QED) is 0.935. The van der Waals surface area contributed by atoms with Crippen molar-refractivity contribution in [3.05, 3.63) is 35.7 Å². The van der Waals surface area contributed by atoms with Gasteiger partial charge in [0, 0.05) is 17.0 Å². The summed E-state index contributed by atoms with van der Waals surface area (Å²) in [5.74, 6) is 1.62. The maximum atomic E-state index is 12.6. The lowest BCUT2D eigenvalue weighted by Gasteiger charge is -2.20. The Labute approximate surface area is 139 Å². The highest BCUT2D eigenvalue weighted by Gasteiger charge is 2.41. The van der Waals surface area contributed by atoms with Crippen LogP contribution in [0.25, 0.3) is 11.4 Å². The third kappa shape index (κ3) is 2.51. The molecular formula is C18H19N3O3. The van der Waals surface area contributed by atoms with Gasteiger partial charge in [-0.05, 0) is 44.2 Å². The summed E-state index contributed by atoms with van der Waals surface area (Å²) in [7, 11) is 0. The molecule has 3 fully saturated rings. The molecule has 6 nitrogen and oxygen atoms in total. The van der Waals surface area contributed by atoms with Crippen molar-refractivity contribution in [3.63, 3.8) is 0 Å². The number of nitrogens with zero attached hydrogens (tertiary/aromatic N) is 2. The Morgan fingerprint density at radius 3 is 2.88 bits per heavy atom. The molecule has 0 radical (unpaired) electrons. The van der Waals surface area contributed by atoms with Crippen LogP contribution in [0.1, 0.15) is 54.3 Å². The molecule has 1 N–H and O–H groups in total. The Kier molecular flexibility index (Phi) is 3.19. The van der Waals surface area contributed by atoms with Gasteiger partial charge in [0.2, 0.25) is 11.7 Å². The topological polar surface area (TPSA) is 77.2 Å². The lowest BCUT2D eigenvalue weighted by atomic mass is 9.95. The van der Waals surface area contributed by atoms with Crippen molar-refractivity contribution in [2.75, 3.05) is 0 Å². The average Bonchev–Trinajstić information content (AvgIpc) is 3.02. The second-order valence-electron chi connectivity index (χ2n) is 7.00. The van der Waals surface area contributed by atoms with E-state index in [1.165, 1.54) is 0 Å². The van der Waals surface area contributed by atoms with Crippen LogP contribution in [0.15, 0.2) is 28.8 Å². The van der Waals surface area contributed by atoms with Crippen LogP contribution in [0.5, 0.6) is 0 Å². The fourth-order valence-electron chi connectivity index (χ4n) is 3.69. The Morgan fingerprint density at radius 1 is 1.21 bits per heavy atom. The minimum absolute atomic E-state index is 0.0658. The highest BCUT2D eigenvalue weighted by atomic mass is 16.5. The highest BCUT2D eigenvalue weighted by Crippen LogP contribution is 2.39. The van der Waals surface area contributed by atoms with Crippen molar-refractivity contribution in [2.24, 2.45) is 0 Å². The van der Waals surface area contributed by atoms with Crippen LogP contribution in [0.4, 0.5) is 0 Å². The first-order valence-corrected chi connectivity index (χ1v) is 8.66. The number of ether oxygens (including phenoxy) is 1. The number of carbonyl (C=O) groups excluding carboxylic acids is 1. The van der Waals surface area contributed by atoms with E-state index in [2.05, 4.69) is 15.5 Å². The average molecular weight is 325 g/mol. The van der Waals surface area contributed by atoms with Gasteiger partial charge in [-0.1, -0.05) is 17.3 Å². The molecule has 0 spiro atoms. The molecule has 3 aliphatic rings. The molecule has 3 unspecified atom stereocenters. The van der Waals surface area contributed by atoms with E-state index < -0.39 is 0 Å². The van der Waals surface area contributed by atoms with Gasteiger partial charge in [-0.2, -0.15) is 4.98 Å². The molecule has 5 rings (SSSR count). The first kappa shape index (κ1) is 14.2. The van der Waals surface area contributed by atoms with Gasteiger partial charge in [-0.3, -0.25) is 4.79 Å². The van der Waals surface area contributed by atoms with Gasteiger partial charge in [0.15, 0.2) is 0 Å². The lowest BCUT2D eigenvalue weighted by molar-refractivity contribution is 0.0841. The molecule has 2 bridgehead atoms. The number of aromatic nitrogens is 2. The van der Waals surface area contributed by atoms with Gasteiger partial charge in [-0.25, -0.2) is 0 Å². The van der Waals surface area contributed by atoms with Crippen molar-refractivity contribution in [1.82, 2.24) is 15.5 Å². The van der Waals surface area contributed by atoms with Crippen molar-refractivity contribution >= 4 is 5.91 Å².